The largest absolute Gasteiger partial charge is 0.431 e. The lowest BCUT2D eigenvalue weighted by Crippen LogP contribution is -2.18. The van der Waals surface area contributed by atoms with Gasteiger partial charge in [-0.2, -0.15) is 4.98 Å². The minimum atomic E-state index is -0.654. The molecule has 1 aromatic heterocycles. The molecule has 4 N–H and O–H groups in total. The number of para-hydroxylation sites is 1. The molecule has 2 aromatic rings. The van der Waals surface area contributed by atoms with Crippen LogP contribution in [0.1, 0.15) is 33.7 Å². The molecular formula is C15H14N4O4. The smallest absolute Gasteiger partial charge is 0.302 e. The molecule has 0 spiro atoms. The molecule has 0 aliphatic heterocycles. The van der Waals surface area contributed by atoms with Gasteiger partial charge in [0.2, 0.25) is 5.91 Å². The molecule has 1 aromatic carbocycles. The highest BCUT2D eigenvalue weighted by Gasteiger charge is 2.30. The van der Waals surface area contributed by atoms with Gasteiger partial charge in [0.05, 0.1) is 11.3 Å². The maximum Gasteiger partial charge on any atom is 0.302 e. The number of hydrogen-bond acceptors (Lipinski definition) is 5. The number of carbonyl (C=O) groups is 3. The van der Waals surface area contributed by atoms with E-state index in [-0.39, 0.29) is 34.8 Å². The molecule has 8 nitrogen and oxygen atoms in total. The minimum absolute atomic E-state index is 0.00150. The number of nitrogens with two attached hydrogens (primary N) is 1. The highest BCUT2D eigenvalue weighted by atomic mass is 16.4. The molecular weight excluding hydrogens is 300 g/mol. The van der Waals surface area contributed by atoms with Crippen LogP contribution in [-0.4, -0.2) is 22.7 Å². The molecule has 0 atom stereocenters. The Kier molecular flexibility index (Phi) is 3.80. The molecule has 23 heavy (non-hydrogen) atoms. The quantitative estimate of drug-likeness (QED) is 0.768. The number of aromatic nitrogens is 1. The lowest BCUT2D eigenvalue weighted by molar-refractivity contribution is -0.117. The number of carbonyl (C=O) groups excluding carboxylic acids is 3. The topological polar surface area (TPSA) is 127 Å². The number of hydrogen-bond donors (Lipinski definition) is 3. The fourth-order valence-electron chi connectivity index (χ4n) is 1.98. The number of nitrogens with one attached hydrogen (secondary N) is 2. The predicted octanol–water partition coefficient (Wildman–Crippen LogP) is 1.37. The van der Waals surface area contributed by atoms with E-state index >= 15 is 0 Å². The van der Waals surface area contributed by atoms with Gasteiger partial charge in [0.15, 0.2) is 5.69 Å². The normalized spacial score (nSPS) is 13.4. The predicted molar refractivity (Wildman–Crippen MR) is 80.8 cm³/mol. The first-order valence-electron chi connectivity index (χ1n) is 7.01. The second-order valence-electron chi connectivity index (χ2n) is 5.17. The third kappa shape index (κ3) is 3.37. The molecule has 118 valence electrons. The fourth-order valence-corrected chi connectivity index (χ4v) is 1.98. The van der Waals surface area contributed by atoms with Crippen LogP contribution in [0.2, 0.25) is 0 Å². The number of rotatable bonds is 5. The lowest BCUT2D eigenvalue weighted by atomic mass is 10.1. The molecule has 1 aliphatic carbocycles. The van der Waals surface area contributed by atoms with Crippen molar-refractivity contribution >= 4 is 29.4 Å². The van der Waals surface area contributed by atoms with Gasteiger partial charge >= 0.3 is 6.01 Å². The molecule has 8 heteroatoms. The summed E-state index contributed by atoms with van der Waals surface area (Å²) >= 11 is 0. The van der Waals surface area contributed by atoms with Crippen molar-refractivity contribution in [1.29, 1.82) is 0 Å². The highest BCUT2D eigenvalue weighted by Crippen LogP contribution is 2.30. The molecule has 0 saturated heterocycles. The Morgan fingerprint density at radius 1 is 1.17 bits per heavy atom. The fraction of sp³-hybridized carbons (Fsp3) is 0.200. The summed E-state index contributed by atoms with van der Waals surface area (Å²) in [6, 6.07) is 6.31. The monoisotopic (exact) mass is 314 g/mol. The number of nitrogens with zero attached hydrogens (tertiary/aromatic N) is 1. The molecule has 0 unspecified atom stereocenters. The summed E-state index contributed by atoms with van der Waals surface area (Å²) in [6.45, 7) is 0. The third-order valence-corrected chi connectivity index (χ3v) is 3.36. The van der Waals surface area contributed by atoms with Crippen molar-refractivity contribution in [2.45, 2.75) is 12.8 Å². The van der Waals surface area contributed by atoms with Gasteiger partial charge in [-0.05, 0) is 25.0 Å². The van der Waals surface area contributed by atoms with Gasteiger partial charge in [-0.3, -0.25) is 19.7 Å². The zero-order valence-corrected chi connectivity index (χ0v) is 12.0. The standard InChI is InChI=1S/C15H14N4O4/c16-12(20)9-3-1-2-4-10(9)17-14(22)11-7-23-15(18-11)19-13(21)8-5-6-8/h1-4,7-8H,5-6H2,(H2,16,20)(H,17,22)(H,18,19,21). The highest BCUT2D eigenvalue weighted by molar-refractivity contribution is 6.08. The average Bonchev–Trinajstić information content (AvgIpc) is 3.28. The van der Waals surface area contributed by atoms with E-state index in [1.54, 1.807) is 18.2 Å². The van der Waals surface area contributed by atoms with Crippen LogP contribution in [0.5, 0.6) is 0 Å². The van der Waals surface area contributed by atoms with Gasteiger partial charge in [-0.1, -0.05) is 12.1 Å². The Hall–Kier alpha value is -3.16. The van der Waals surface area contributed by atoms with Crippen LogP contribution in [0, 0.1) is 5.92 Å². The van der Waals surface area contributed by atoms with Crippen LogP contribution in [0.15, 0.2) is 34.9 Å². The molecule has 1 saturated carbocycles. The van der Waals surface area contributed by atoms with Crippen molar-refractivity contribution in [3.63, 3.8) is 0 Å². The SMILES string of the molecule is NC(=O)c1ccccc1NC(=O)c1coc(NC(=O)C2CC2)n1. The summed E-state index contributed by atoms with van der Waals surface area (Å²) in [6.07, 6.45) is 2.83. The Bertz CT molecular complexity index is 779. The summed E-state index contributed by atoms with van der Waals surface area (Å²) in [5.74, 6) is -1.40. The van der Waals surface area contributed by atoms with Crippen molar-refractivity contribution in [2.75, 3.05) is 10.6 Å². The molecule has 1 aliphatic rings. The maximum absolute atomic E-state index is 12.1. The minimum Gasteiger partial charge on any atom is -0.431 e. The van der Waals surface area contributed by atoms with Crippen LogP contribution >= 0.6 is 0 Å². The van der Waals surface area contributed by atoms with E-state index < -0.39 is 11.8 Å². The van der Waals surface area contributed by atoms with Gasteiger partial charge in [-0.25, -0.2) is 0 Å². The van der Waals surface area contributed by atoms with Crippen molar-refractivity contribution in [2.24, 2.45) is 11.7 Å². The molecule has 0 bridgehead atoms. The summed E-state index contributed by atoms with van der Waals surface area (Å²) in [7, 11) is 0. The molecule has 1 fully saturated rings. The number of oxazole rings is 1. The van der Waals surface area contributed by atoms with Crippen LogP contribution in [0.25, 0.3) is 0 Å². The van der Waals surface area contributed by atoms with Crippen LogP contribution < -0.4 is 16.4 Å². The first-order valence-corrected chi connectivity index (χ1v) is 7.01. The second kappa shape index (κ2) is 5.91. The van der Waals surface area contributed by atoms with Gasteiger partial charge in [0.1, 0.15) is 6.26 Å². The van der Waals surface area contributed by atoms with Gasteiger partial charge in [0, 0.05) is 5.92 Å². The van der Waals surface area contributed by atoms with Crippen LogP contribution in [0.4, 0.5) is 11.7 Å². The summed E-state index contributed by atoms with van der Waals surface area (Å²) in [5.41, 5.74) is 5.69. The van der Waals surface area contributed by atoms with E-state index in [0.29, 0.717) is 0 Å². The molecule has 3 amide bonds. The van der Waals surface area contributed by atoms with Crippen molar-refractivity contribution < 1.29 is 18.8 Å². The Labute approximate surface area is 131 Å². The molecule has 0 radical (unpaired) electrons. The van der Waals surface area contributed by atoms with E-state index in [0.717, 1.165) is 19.1 Å². The van der Waals surface area contributed by atoms with E-state index in [1.165, 1.54) is 6.07 Å². The lowest BCUT2D eigenvalue weighted by Gasteiger charge is -2.06. The van der Waals surface area contributed by atoms with Crippen molar-refractivity contribution in [1.82, 2.24) is 4.98 Å². The van der Waals surface area contributed by atoms with Gasteiger partial charge in [0.25, 0.3) is 11.8 Å². The number of benzene rings is 1. The average molecular weight is 314 g/mol. The first-order chi connectivity index (χ1) is 11.0. The first kappa shape index (κ1) is 14.8. The Morgan fingerprint density at radius 3 is 2.61 bits per heavy atom. The van der Waals surface area contributed by atoms with Gasteiger partial charge < -0.3 is 15.5 Å². The number of anilines is 2. The second-order valence-corrected chi connectivity index (χ2v) is 5.17. The summed E-state index contributed by atoms with van der Waals surface area (Å²) < 4.78 is 5.05. The maximum atomic E-state index is 12.1. The molecule has 3 rings (SSSR count). The van der Waals surface area contributed by atoms with E-state index in [1.807, 2.05) is 0 Å². The number of primary amides is 1. The third-order valence-electron chi connectivity index (χ3n) is 3.36. The van der Waals surface area contributed by atoms with Crippen LogP contribution in [0.3, 0.4) is 0 Å². The summed E-state index contributed by atoms with van der Waals surface area (Å²) in [4.78, 5) is 39.0. The zero-order chi connectivity index (χ0) is 16.4. The van der Waals surface area contributed by atoms with Gasteiger partial charge in [-0.15, -0.1) is 0 Å². The van der Waals surface area contributed by atoms with E-state index in [4.69, 9.17) is 10.2 Å². The van der Waals surface area contributed by atoms with Crippen LogP contribution in [-0.2, 0) is 4.79 Å². The Morgan fingerprint density at radius 2 is 1.91 bits per heavy atom. The van der Waals surface area contributed by atoms with E-state index in [2.05, 4.69) is 15.6 Å². The zero-order valence-electron chi connectivity index (χ0n) is 12.0. The molecule has 1 heterocycles. The van der Waals surface area contributed by atoms with Crippen molar-refractivity contribution in [3.05, 3.63) is 41.8 Å². The van der Waals surface area contributed by atoms with Crippen molar-refractivity contribution in [3.8, 4) is 0 Å². The van der Waals surface area contributed by atoms with E-state index in [9.17, 15) is 14.4 Å². The summed E-state index contributed by atoms with van der Waals surface area (Å²) in [5, 5.41) is 5.04. The Balaban J connectivity index is 1.70. The number of amides is 3.